The number of benzene rings is 1. The Morgan fingerprint density at radius 2 is 2.10 bits per heavy atom. The van der Waals surface area contributed by atoms with E-state index in [9.17, 15) is 8.42 Å². The number of hydrogen-bond acceptors (Lipinski definition) is 5. The Kier molecular flexibility index (Phi) is 4.84. The molecule has 0 atom stereocenters. The molecular formula is C14H21N3O3S. The molecule has 0 unspecified atom stereocenters. The molecule has 2 rings (SSSR count). The van der Waals surface area contributed by atoms with Gasteiger partial charge in [-0.3, -0.25) is 0 Å². The van der Waals surface area contributed by atoms with E-state index in [4.69, 9.17) is 10.5 Å². The molecule has 0 saturated heterocycles. The maximum atomic E-state index is 11.8. The van der Waals surface area contributed by atoms with Crippen molar-refractivity contribution in [3.63, 3.8) is 0 Å². The van der Waals surface area contributed by atoms with Gasteiger partial charge in [0.05, 0.1) is 17.0 Å². The van der Waals surface area contributed by atoms with Crippen LogP contribution < -0.4 is 5.73 Å². The van der Waals surface area contributed by atoms with Gasteiger partial charge in [-0.25, -0.2) is 13.4 Å². The number of nitrogens with two attached hydrogens (primary N) is 1. The van der Waals surface area contributed by atoms with Crippen LogP contribution in [0, 0.1) is 0 Å². The molecule has 1 aromatic heterocycles. The van der Waals surface area contributed by atoms with Crippen LogP contribution >= 0.6 is 0 Å². The zero-order valence-electron chi connectivity index (χ0n) is 12.4. The summed E-state index contributed by atoms with van der Waals surface area (Å²) in [5, 5.41) is 0. The van der Waals surface area contributed by atoms with Gasteiger partial charge in [0.1, 0.15) is 5.52 Å². The van der Waals surface area contributed by atoms with Crippen LogP contribution in [0.15, 0.2) is 23.1 Å². The summed E-state index contributed by atoms with van der Waals surface area (Å²) in [6.45, 7) is 3.91. The zero-order chi connectivity index (χ0) is 15.5. The van der Waals surface area contributed by atoms with Gasteiger partial charge in [-0.15, -0.1) is 0 Å². The molecule has 2 N–H and O–H groups in total. The van der Waals surface area contributed by atoms with Crippen molar-refractivity contribution in [1.29, 1.82) is 0 Å². The van der Waals surface area contributed by atoms with Crippen LogP contribution in [0.2, 0.25) is 0 Å². The number of ether oxygens (including phenoxy) is 1. The van der Waals surface area contributed by atoms with Gasteiger partial charge in [0.25, 0.3) is 0 Å². The summed E-state index contributed by atoms with van der Waals surface area (Å²) in [4.78, 5) is 4.41. The fourth-order valence-electron chi connectivity index (χ4n) is 2.18. The number of nitrogens with zero attached hydrogens (tertiary/aromatic N) is 2. The number of para-hydroxylation sites is 1. The smallest absolute Gasteiger partial charge is 0.201 e. The fourth-order valence-corrected chi connectivity index (χ4v) is 3.00. The highest BCUT2D eigenvalue weighted by Crippen LogP contribution is 2.24. The first-order chi connectivity index (χ1) is 9.95. The van der Waals surface area contributed by atoms with E-state index in [0.717, 1.165) is 25.0 Å². The molecule has 1 aromatic carbocycles. The lowest BCUT2D eigenvalue weighted by molar-refractivity contribution is 0.124. The maximum absolute atomic E-state index is 11.8. The zero-order valence-corrected chi connectivity index (χ0v) is 13.2. The Bertz CT molecular complexity index is 722. The van der Waals surface area contributed by atoms with E-state index >= 15 is 0 Å². The van der Waals surface area contributed by atoms with Crippen molar-refractivity contribution in [1.82, 2.24) is 9.55 Å². The molecule has 0 aliphatic heterocycles. The minimum atomic E-state index is -3.33. The number of aromatic nitrogens is 2. The predicted molar refractivity (Wildman–Crippen MR) is 83.0 cm³/mol. The van der Waals surface area contributed by atoms with Crippen molar-refractivity contribution < 1.29 is 13.2 Å². The van der Waals surface area contributed by atoms with E-state index in [1.807, 2.05) is 6.07 Å². The minimum absolute atomic E-state index is 0.206. The standard InChI is InChI=1S/C14H21N3O3S/c1-3-4-9-20-10-8-17-11-6-5-7-12(21(2,18)19)13(11)16-14(17)15/h5-7H,3-4,8-10H2,1-2H3,(H2,15,16). The number of unbranched alkanes of at least 4 members (excludes halogenated alkanes) is 1. The van der Waals surface area contributed by atoms with Crippen molar-refractivity contribution in [2.24, 2.45) is 0 Å². The number of imidazole rings is 1. The summed E-state index contributed by atoms with van der Waals surface area (Å²) in [7, 11) is -3.33. The molecule has 1 heterocycles. The third-order valence-corrected chi connectivity index (χ3v) is 4.40. The van der Waals surface area contributed by atoms with Crippen LogP contribution in [-0.4, -0.2) is 37.4 Å². The Balaban J connectivity index is 2.27. The van der Waals surface area contributed by atoms with Crippen molar-refractivity contribution in [3.05, 3.63) is 18.2 Å². The lowest BCUT2D eigenvalue weighted by Crippen LogP contribution is -2.09. The fraction of sp³-hybridized carbons (Fsp3) is 0.500. The number of sulfone groups is 1. The summed E-state index contributed by atoms with van der Waals surface area (Å²) in [5.41, 5.74) is 7.05. The number of nitrogen functional groups attached to an aromatic ring is 1. The third kappa shape index (κ3) is 3.54. The molecule has 0 aliphatic carbocycles. The van der Waals surface area contributed by atoms with Gasteiger partial charge in [-0.05, 0) is 18.6 Å². The topological polar surface area (TPSA) is 87.2 Å². The van der Waals surface area contributed by atoms with E-state index in [1.54, 1.807) is 16.7 Å². The second-order valence-electron chi connectivity index (χ2n) is 4.98. The van der Waals surface area contributed by atoms with Crippen LogP contribution in [0.5, 0.6) is 0 Å². The van der Waals surface area contributed by atoms with Gasteiger partial charge in [0.15, 0.2) is 9.84 Å². The first-order valence-corrected chi connectivity index (χ1v) is 8.86. The van der Waals surface area contributed by atoms with Crippen LogP contribution in [-0.2, 0) is 21.1 Å². The largest absolute Gasteiger partial charge is 0.380 e. The monoisotopic (exact) mass is 311 g/mol. The highest BCUT2D eigenvalue weighted by Gasteiger charge is 2.17. The van der Waals surface area contributed by atoms with Crippen molar-refractivity contribution in [2.75, 3.05) is 25.2 Å². The van der Waals surface area contributed by atoms with E-state index < -0.39 is 9.84 Å². The van der Waals surface area contributed by atoms with E-state index in [-0.39, 0.29) is 4.90 Å². The third-order valence-electron chi connectivity index (χ3n) is 3.27. The molecule has 0 saturated carbocycles. The number of rotatable bonds is 7. The molecule has 21 heavy (non-hydrogen) atoms. The van der Waals surface area contributed by atoms with Crippen LogP contribution in [0.3, 0.4) is 0 Å². The second-order valence-corrected chi connectivity index (χ2v) is 6.97. The summed E-state index contributed by atoms with van der Waals surface area (Å²) in [5.74, 6) is 0.306. The molecule has 0 radical (unpaired) electrons. The van der Waals surface area contributed by atoms with E-state index in [2.05, 4.69) is 11.9 Å². The molecule has 0 spiro atoms. The Hall–Kier alpha value is -1.60. The van der Waals surface area contributed by atoms with Crippen molar-refractivity contribution in [2.45, 2.75) is 31.2 Å². The SMILES string of the molecule is CCCCOCCn1c(N)nc2c(S(C)(=O)=O)cccc21. The molecule has 0 bridgehead atoms. The van der Waals surface area contributed by atoms with E-state index in [0.29, 0.717) is 24.6 Å². The lowest BCUT2D eigenvalue weighted by Gasteiger charge is -2.07. The average Bonchev–Trinajstić information content (AvgIpc) is 2.73. The van der Waals surface area contributed by atoms with Gasteiger partial charge in [0.2, 0.25) is 5.95 Å². The number of hydrogen-bond donors (Lipinski definition) is 1. The molecule has 0 fully saturated rings. The number of fused-ring (bicyclic) bond motifs is 1. The lowest BCUT2D eigenvalue weighted by atomic mass is 10.3. The maximum Gasteiger partial charge on any atom is 0.201 e. The van der Waals surface area contributed by atoms with Gasteiger partial charge < -0.3 is 15.0 Å². The number of anilines is 1. The van der Waals surface area contributed by atoms with Gasteiger partial charge in [-0.1, -0.05) is 19.4 Å². The van der Waals surface area contributed by atoms with Crippen molar-refractivity contribution in [3.8, 4) is 0 Å². The predicted octanol–water partition coefficient (Wildman–Crippen LogP) is 1.84. The van der Waals surface area contributed by atoms with Gasteiger partial charge >= 0.3 is 0 Å². The minimum Gasteiger partial charge on any atom is -0.380 e. The second kappa shape index (κ2) is 6.44. The molecule has 0 amide bonds. The Morgan fingerprint density at radius 1 is 1.33 bits per heavy atom. The van der Waals surface area contributed by atoms with E-state index in [1.165, 1.54) is 6.26 Å². The average molecular weight is 311 g/mol. The molecule has 0 aliphatic rings. The molecular weight excluding hydrogens is 290 g/mol. The van der Waals surface area contributed by atoms with Crippen LogP contribution in [0.4, 0.5) is 5.95 Å². The first-order valence-electron chi connectivity index (χ1n) is 6.97. The molecule has 6 nitrogen and oxygen atoms in total. The van der Waals surface area contributed by atoms with Crippen LogP contribution in [0.1, 0.15) is 19.8 Å². The highest BCUT2D eigenvalue weighted by molar-refractivity contribution is 7.91. The summed E-state index contributed by atoms with van der Waals surface area (Å²) < 4.78 is 30.9. The quantitative estimate of drug-likeness (QED) is 0.788. The first kappa shape index (κ1) is 15.8. The van der Waals surface area contributed by atoms with Gasteiger partial charge in [0, 0.05) is 19.4 Å². The van der Waals surface area contributed by atoms with Crippen LogP contribution in [0.25, 0.3) is 11.0 Å². The molecule has 2 aromatic rings. The summed E-state index contributed by atoms with van der Waals surface area (Å²) >= 11 is 0. The molecule has 7 heteroatoms. The Labute approximate surface area is 124 Å². The highest BCUT2D eigenvalue weighted by atomic mass is 32.2. The van der Waals surface area contributed by atoms with Gasteiger partial charge in [-0.2, -0.15) is 0 Å². The normalized spacial score (nSPS) is 12.1. The Morgan fingerprint density at radius 3 is 2.76 bits per heavy atom. The summed E-state index contributed by atoms with van der Waals surface area (Å²) in [6.07, 6.45) is 3.29. The molecule has 116 valence electrons. The van der Waals surface area contributed by atoms with Crippen molar-refractivity contribution >= 4 is 26.8 Å². The summed E-state index contributed by atoms with van der Waals surface area (Å²) in [6, 6.07) is 5.07.